The molecule has 0 bridgehead atoms. The number of pyridine rings is 1. The van der Waals surface area contributed by atoms with Crippen LogP contribution in [0.4, 0.5) is 10.5 Å². The van der Waals surface area contributed by atoms with Crippen molar-refractivity contribution in [3.63, 3.8) is 0 Å². The highest BCUT2D eigenvalue weighted by Crippen LogP contribution is 2.30. The van der Waals surface area contributed by atoms with Crippen molar-refractivity contribution < 1.29 is 4.79 Å². The molecule has 2 aromatic carbocycles. The van der Waals surface area contributed by atoms with Gasteiger partial charge in [0.15, 0.2) is 0 Å². The molecule has 6 heteroatoms. The van der Waals surface area contributed by atoms with Crippen LogP contribution in [0, 0.1) is 6.92 Å². The van der Waals surface area contributed by atoms with Gasteiger partial charge in [-0.15, -0.1) is 0 Å². The SMILES string of the molecule is Cc1ccc2[nH]c(=O)c(CN(C(=O)Nc3ccccc3Cl)C3CC3)cc2c1. The van der Waals surface area contributed by atoms with Crippen molar-refractivity contribution in [3.8, 4) is 0 Å². The number of hydrogen-bond donors (Lipinski definition) is 2. The zero-order valence-corrected chi connectivity index (χ0v) is 15.7. The van der Waals surface area contributed by atoms with Gasteiger partial charge in [0.2, 0.25) is 0 Å². The summed E-state index contributed by atoms with van der Waals surface area (Å²) in [7, 11) is 0. The Morgan fingerprint density at radius 3 is 2.74 bits per heavy atom. The normalized spacial score (nSPS) is 13.6. The lowest BCUT2D eigenvalue weighted by Gasteiger charge is -2.23. The molecule has 1 fully saturated rings. The van der Waals surface area contributed by atoms with Gasteiger partial charge in [-0.05, 0) is 55.5 Å². The summed E-state index contributed by atoms with van der Waals surface area (Å²) in [6.45, 7) is 2.28. The maximum absolute atomic E-state index is 12.8. The molecule has 0 aliphatic heterocycles. The van der Waals surface area contributed by atoms with E-state index in [2.05, 4.69) is 10.3 Å². The van der Waals surface area contributed by atoms with Crippen molar-refractivity contribution in [1.82, 2.24) is 9.88 Å². The fourth-order valence-corrected chi connectivity index (χ4v) is 3.36. The van der Waals surface area contributed by atoms with E-state index in [0.29, 0.717) is 16.3 Å². The summed E-state index contributed by atoms with van der Waals surface area (Å²) in [4.78, 5) is 30.0. The van der Waals surface area contributed by atoms with Crippen LogP contribution in [-0.2, 0) is 6.54 Å². The summed E-state index contributed by atoms with van der Waals surface area (Å²) in [6.07, 6.45) is 1.89. The molecule has 1 aliphatic rings. The van der Waals surface area contributed by atoms with Gasteiger partial charge in [0.1, 0.15) is 0 Å². The van der Waals surface area contributed by atoms with Gasteiger partial charge in [0.25, 0.3) is 5.56 Å². The monoisotopic (exact) mass is 381 g/mol. The van der Waals surface area contributed by atoms with Gasteiger partial charge in [-0.1, -0.05) is 35.4 Å². The van der Waals surface area contributed by atoms with Gasteiger partial charge in [-0.2, -0.15) is 0 Å². The number of para-hydroxylation sites is 1. The maximum Gasteiger partial charge on any atom is 0.322 e. The second kappa shape index (κ2) is 7.08. The molecule has 0 spiro atoms. The first-order valence-corrected chi connectivity index (χ1v) is 9.34. The third-order valence-corrected chi connectivity index (χ3v) is 5.11. The van der Waals surface area contributed by atoms with E-state index in [9.17, 15) is 9.59 Å². The number of nitrogens with one attached hydrogen (secondary N) is 2. The van der Waals surface area contributed by atoms with Crippen LogP contribution in [0.1, 0.15) is 24.0 Å². The number of rotatable bonds is 4. The summed E-state index contributed by atoms with van der Waals surface area (Å²) >= 11 is 6.15. The molecule has 0 unspecified atom stereocenters. The molecule has 1 saturated carbocycles. The zero-order chi connectivity index (χ0) is 19.0. The number of benzene rings is 2. The van der Waals surface area contributed by atoms with E-state index >= 15 is 0 Å². The molecule has 5 nitrogen and oxygen atoms in total. The number of fused-ring (bicyclic) bond motifs is 1. The number of anilines is 1. The van der Waals surface area contributed by atoms with Crippen LogP contribution in [0.3, 0.4) is 0 Å². The molecular formula is C21H20ClN3O2. The average molecular weight is 382 g/mol. The highest BCUT2D eigenvalue weighted by atomic mass is 35.5. The standard InChI is InChI=1S/C21H20ClN3O2/c1-13-6-9-18-14(10-13)11-15(20(26)23-18)12-25(16-7-8-16)21(27)24-19-5-3-2-4-17(19)22/h2-6,9-11,16H,7-8,12H2,1H3,(H,23,26)(H,24,27). The van der Waals surface area contributed by atoms with Crippen LogP contribution < -0.4 is 10.9 Å². The molecule has 1 aliphatic carbocycles. The Balaban J connectivity index is 1.61. The fourth-order valence-electron chi connectivity index (χ4n) is 3.17. The van der Waals surface area contributed by atoms with Crippen LogP contribution in [0.5, 0.6) is 0 Å². The first-order chi connectivity index (χ1) is 13.0. The maximum atomic E-state index is 12.8. The van der Waals surface area contributed by atoms with Gasteiger partial charge in [0.05, 0.1) is 17.3 Å². The molecule has 0 atom stereocenters. The minimum Gasteiger partial charge on any atom is -0.322 e. The average Bonchev–Trinajstić information content (AvgIpc) is 3.47. The summed E-state index contributed by atoms with van der Waals surface area (Å²) < 4.78 is 0. The number of carbonyl (C=O) groups is 1. The van der Waals surface area contributed by atoms with Crippen LogP contribution in [0.15, 0.2) is 53.3 Å². The van der Waals surface area contributed by atoms with Crippen LogP contribution in [-0.4, -0.2) is 22.0 Å². The second-order valence-corrected chi connectivity index (χ2v) is 7.39. The van der Waals surface area contributed by atoms with Gasteiger partial charge in [-0.3, -0.25) is 4.79 Å². The number of amides is 2. The number of halogens is 1. The summed E-state index contributed by atoms with van der Waals surface area (Å²) in [5.41, 5.74) is 2.90. The smallest absolute Gasteiger partial charge is 0.322 e. The molecule has 2 N–H and O–H groups in total. The Kier molecular flexibility index (Phi) is 4.62. The Labute approximate surface area is 162 Å². The van der Waals surface area contributed by atoms with Crippen molar-refractivity contribution in [2.24, 2.45) is 0 Å². The minimum atomic E-state index is -0.241. The van der Waals surface area contributed by atoms with E-state index in [1.54, 1.807) is 17.0 Å². The number of carbonyl (C=O) groups excluding carboxylic acids is 1. The lowest BCUT2D eigenvalue weighted by molar-refractivity contribution is 0.206. The molecule has 138 valence electrons. The fraction of sp³-hybridized carbons (Fsp3) is 0.238. The molecular weight excluding hydrogens is 362 g/mol. The van der Waals surface area contributed by atoms with E-state index in [0.717, 1.165) is 29.3 Å². The highest BCUT2D eigenvalue weighted by molar-refractivity contribution is 6.33. The van der Waals surface area contributed by atoms with Crippen molar-refractivity contribution >= 4 is 34.2 Å². The van der Waals surface area contributed by atoms with E-state index in [-0.39, 0.29) is 24.2 Å². The molecule has 2 amide bonds. The van der Waals surface area contributed by atoms with E-state index < -0.39 is 0 Å². The quantitative estimate of drug-likeness (QED) is 0.688. The first-order valence-electron chi connectivity index (χ1n) is 8.96. The third-order valence-electron chi connectivity index (χ3n) is 4.78. The zero-order valence-electron chi connectivity index (χ0n) is 15.0. The lowest BCUT2D eigenvalue weighted by atomic mass is 10.1. The number of nitrogens with zero attached hydrogens (tertiary/aromatic N) is 1. The van der Waals surface area contributed by atoms with Crippen LogP contribution in [0.2, 0.25) is 5.02 Å². The van der Waals surface area contributed by atoms with Gasteiger partial charge in [0, 0.05) is 17.1 Å². The predicted octanol–water partition coefficient (Wildman–Crippen LogP) is 4.69. The number of aryl methyl sites for hydroxylation is 1. The lowest BCUT2D eigenvalue weighted by Crippen LogP contribution is -2.37. The summed E-state index contributed by atoms with van der Waals surface area (Å²) in [5.74, 6) is 0. The van der Waals surface area contributed by atoms with Gasteiger partial charge >= 0.3 is 6.03 Å². The summed E-state index contributed by atoms with van der Waals surface area (Å²) in [5, 5.41) is 4.31. The number of H-pyrrole nitrogens is 1. The second-order valence-electron chi connectivity index (χ2n) is 6.98. The molecule has 1 aromatic heterocycles. The predicted molar refractivity (Wildman–Crippen MR) is 108 cm³/mol. The Morgan fingerprint density at radius 2 is 2.00 bits per heavy atom. The number of aromatic amines is 1. The van der Waals surface area contributed by atoms with Crippen molar-refractivity contribution in [2.75, 3.05) is 5.32 Å². The number of hydrogen-bond acceptors (Lipinski definition) is 2. The summed E-state index contributed by atoms with van der Waals surface area (Å²) in [6, 6.07) is 14.8. The third kappa shape index (κ3) is 3.83. The highest BCUT2D eigenvalue weighted by Gasteiger charge is 2.33. The molecule has 27 heavy (non-hydrogen) atoms. The van der Waals surface area contributed by atoms with Crippen molar-refractivity contribution in [3.05, 3.63) is 75.0 Å². The van der Waals surface area contributed by atoms with Crippen molar-refractivity contribution in [1.29, 1.82) is 0 Å². The largest absolute Gasteiger partial charge is 0.322 e. The number of aromatic nitrogens is 1. The molecule has 0 radical (unpaired) electrons. The van der Waals surface area contributed by atoms with Gasteiger partial charge in [-0.25, -0.2) is 4.79 Å². The molecule has 0 saturated heterocycles. The topological polar surface area (TPSA) is 65.2 Å². The van der Waals surface area contributed by atoms with Crippen LogP contribution >= 0.6 is 11.6 Å². The molecule has 4 rings (SSSR count). The minimum absolute atomic E-state index is 0.153. The number of urea groups is 1. The first kappa shape index (κ1) is 17.6. The molecule has 3 aromatic rings. The van der Waals surface area contributed by atoms with E-state index in [1.165, 1.54) is 0 Å². The Bertz CT molecular complexity index is 1070. The van der Waals surface area contributed by atoms with E-state index in [1.807, 2.05) is 43.3 Å². The Hall–Kier alpha value is -2.79. The van der Waals surface area contributed by atoms with E-state index in [4.69, 9.17) is 11.6 Å². The Morgan fingerprint density at radius 1 is 1.22 bits per heavy atom. The van der Waals surface area contributed by atoms with Crippen molar-refractivity contribution in [2.45, 2.75) is 32.4 Å². The van der Waals surface area contributed by atoms with Gasteiger partial charge < -0.3 is 15.2 Å². The molecule has 1 heterocycles. The van der Waals surface area contributed by atoms with Crippen LogP contribution in [0.25, 0.3) is 10.9 Å².